The number of carbonyl (C=O) groups excluding carboxylic acids is 1. The van der Waals surface area contributed by atoms with Crippen LogP contribution in [0.4, 0.5) is 4.39 Å². The van der Waals surface area contributed by atoms with Crippen LogP contribution in [0.5, 0.6) is 0 Å². The highest BCUT2D eigenvalue weighted by molar-refractivity contribution is 5.72. The van der Waals surface area contributed by atoms with E-state index in [0.29, 0.717) is 12.3 Å². The van der Waals surface area contributed by atoms with Crippen molar-refractivity contribution in [1.82, 2.24) is 0 Å². The van der Waals surface area contributed by atoms with E-state index < -0.39 is 5.83 Å². The zero-order valence-corrected chi connectivity index (χ0v) is 15.5. The van der Waals surface area contributed by atoms with Crippen LogP contribution in [0.2, 0.25) is 0 Å². The van der Waals surface area contributed by atoms with E-state index in [2.05, 4.69) is 6.92 Å². The van der Waals surface area contributed by atoms with Crippen molar-refractivity contribution in [2.24, 2.45) is 17.8 Å². The van der Waals surface area contributed by atoms with E-state index in [1.54, 1.807) is 0 Å². The molecule has 0 radical (unpaired) electrons. The van der Waals surface area contributed by atoms with Gasteiger partial charge in [-0.15, -0.1) is 0 Å². The summed E-state index contributed by atoms with van der Waals surface area (Å²) >= 11 is 0. The van der Waals surface area contributed by atoms with Gasteiger partial charge in [0.05, 0.1) is 5.92 Å². The number of halogens is 1. The molecule has 0 spiro atoms. The number of nitrogens with zero attached hydrogens (tertiary/aromatic N) is 1. The number of allylic oxidation sites excluding steroid dienone is 2. The van der Waals surface area contributed by atoms with Gasteiger partial charge in [0, 0.05) is 0 Å². The lowest BCUT2D eigenvalue weighted by atomic mass is 9.80. The lowest BCUT2D eigenvalue weighted by Gasteiger charge is -2.31. The van der Waals surface area contributed by atoms with Crippen molar-refractivity contribution >= 4 is 5.97 Å². The maximum atomic E-state index is 12.8. The molecule has 0 aliphatic heterocycles. The van der Waals surface area contributed by atoms with Crippen LogP contribution >= 0.6 is 0 Å². The van der Waals surface area contributed by atoms with Gasteiger partial charge in [-0.25, -0.2) is 0 Å². The van der Waals surface area contributed by atoms with E-state index in [0.717, 1.165) is 50.9 Å². The third-order valence-electron chi connectivity index (χ3n) is 5.96. The standard InChI is InChI=1S/C21H32FNO2/c1-2-4-16-7-11-18(12-8-16)21(24)25-20-13-9-17(10-14-20)5-3-6-19(22)15-23/h6,16-18,20H,2-5,7-14H2,1H3/b19-6+. The largest absolute Gasteiger partial charge is 0.462 e. The monoisotopic (exact) mass is 349 g/mol. The molecule has 0 heterocycles. The summed E-state index contributed by atoms with van der Waals surface area (Å²) in [5, 5.41) is 8.40. The molecule has 2 aliphatic rings. The topological polar surface area (TPSA) is 50.1 Å². The number of rotatable bonds is 7. The van der Waals surface area contributed by atoms with Crippen LogP contribution in [0.25, 0.3) is 0 Å². The summed E-state index contributed by atoms with van der Waals surface area (Å²) in [6.45, 7) is 2.23. The first kappa shape index (κ1) is 19.9. The highest BCUT2D eigenvalue weighted by Gasteiger charge is 2.30. The average molecular weight is 349 g/mol. The van der Waals surface area contributed by atoms with E-state index in [9.17, 15) is 9.18 Å². The average Bonchev–Trinajstić information content (AvgIpc) is 2.64. The van der Waals surface area contributed by atoms with E-state index in [4.69, 9.17) is 10.00 Å². The first-order valence-electron chi connectivity index (χ1n) is 10.1. The van der Waals surface area contributed by atoms with E-state index >= 15 is 0 Å². The summed E-state index contributed by atoms with van der Waals surface area (Å²) < 4.78 is 18.6. The smallest absolute Gasteiger partial charge is 0.309 e. The molecular formula is C21H32FNO2. The minimum absolute atomic E-state index is 0.0254. The van der Waals surface area contributed by atoms with Gasteiger partial charge in [0.25, 0.3) is 0 Å². The molecule has 140 valence electrons. The summed E-state index contributed by atoms with van der Waals surface area (Å²) in [6, 6.07) is 1.51. The Morgan fingerprint density at radius 1 is 1.08 bits per heavy atom. The maximum absolute atomic E-state index is 12.8. The minimum atomic E-state index is -0.684. The van der Waals surface area contributed by atoms with E-state index in [1.807, 2.05) is 0 Å². The number of carbonyl (C=O) groups is 1. The van der Waals surface area contributed by atoms with Crippen molar-refractivity contribution in [2.75, 3.05) is 0 Å². The number of hydrogen-bond donors (Lipinski definition) is 0. The number of esters is 1. The Hall–Kier alpha value is -1.37. The molecule has 0 aromatic heterocycles. The SMILES string of the molecule is CCCC1CCC(C(=O)OC2CCC(CC/C=C(/F)C#N)CC2)CC1. The zero-order chi connectivity index (χ0) is 18.1. The van der Waals surface area contributed by atoms with Gasteiger partial charge in [-0.3, -0.25) is 4.79 Å². The molecule has 0 bridgehead atoms. The van der Waals surface area contributed by atoms with Gasteiger partial charge in [-0.2, -0.15) is 9.65 Å². The van der Waals surface area contributed by atoms with Crippen LogP contribution in [0, 0.1) is 29.1 Å². The van der Waals surface area contributed by atoms with Gasteiger partial charge in [-0.1, -0.05) is 19.8 Å². The molecule has 0 amide bonds. The molecule has 2 fully saturated rings. The fourth-order valence-corrected chi connectivity index (χ4v) is 4.39. The molecule has 25 heavy (non-hydrogen) atoms. The molecule has 2 aliphatic carbocycles. The zero-order valence-electron chi connectivity index (χ0n) is 15.5. The molecule has 4 heteroatoms. The summed E-state index contributed by atoms with van der Waals surface area (Å²) in [5.41, 5.74) is 0. The molecule has 0 aromatic carbocycles. The second-order valence-electron chi connectivity index (χ2n) is 7.83. The predicted molar refractivity (Wildman–Crippen MR) is 96.2 cm³/mol. The Morgan fingerprint density at radius 2 is 1.68 bits per heavy atom. The van der Waals surface area contributed by atoms with Crippen molar-refractivity contribution in [3.8, 4) is 6.07 Å². The molecule has 0 atom stereocenters. The fraction of sp³-hybridized carbons (Fsp3) is 0.810. The highest BCUT2D eigenvalue weighted by atomic mass is 19.1. The van der Waals surface area contributed by atoms with Crippen molar-refractivity contribution in [1.29, 1.82) is 5.26 Å². The second kappa shape index (κ2) is 10.6. The lowest BCUT2D eigenvalue weighted by Crippen LogP contribution is -2.30. The number of hydrogen-bond acceptors (Lipinski definition) is 3. The maximum Gasteiger partial charge on any atom is 0.309 e. The van der Waals surface area contributed by atoms with Crippen LogP contribution in [-0.4, -0.2) is 12.1 Å². The predicted octanol–water partition coefficient (Wildman–Crippen LogP) is 5.85. The van der Waals surface area contributed by atoms with Crippen molar-refractivity contribution in [3.63, 3.8) is 0 Å². The van der Waals surface area contributed by atoms with Crippen LogP contribution < -0.4 is 0 Å². The van der Waals surface area contributed by atoms with Crippen LogP contribution in [0.1, 0.15) is 84.0 Å². The van der Waals surface area contributed by atoms with Gasteiger partial charge >= 0.3 is 5.97 Å². The van der Waals surface area contributed by atoms with Gasteiger partial charge in [0.1, 0.15) is 12.2 Å². The second-order valence-corrected chi connectivity index (χ2v) is 7.83. The third kappa shape index (κ3) is 6.80. The summed E-state index contributed by atoms with van der Waals surface area (Å²) in [6.07, 6.45) is 13.8. The van der Waals surface area contributed by atoms with Crippen molar-refractivity contribution < 1.29 is 13.9 Å². The molecule has 0 aromatic rings. The Morgan fingerprint density at radius 3 is 2.28 bits per heavy atom. The quantitative estimate of drug-likeness (QED) is 0.428. The first-order chi connectivity index (χ1) is 12.1. The molecule has 0 saturated heterocycles. The lowest BCUT2D eigenvalue weighted by molar-refractivity contribution is -0.157. The molecule has 2 rings (SSSR count). The van der Waals surface area contributed by atoms with Crippen LogP contribution in [0.3, 0.4) is 0 Å². The number of nitriles is 1. The Balaban J connectivity index is 1.63. The Bertz CT molecular complexity index is 481. The molecule has 3 nitrogen and oxygen atoms in total. The summed E-state index contributed by atoms with van der Waals surface area (Å²) in [4.78, 5) is 12.4. The molecule has 0 N–H and O–H groups in total. The van der Waals surface area contributed by atoms with Gasteiger partial charge < -0.3 is 4.74 Å². The number of ether oxygens (including phenoxy) is 1. The van der Waals surface area contributed by atoms with E-state index in [-0.39, 0.29) is 18.0 Å². The highest BCUT2D eigenvalue weighted by Crippen LogP contribution is 2.34. The van der Waals surface area contributed by atoms with Crippen LogP contribution in [0.15, 0.2) is 11.9 Å². The van der Waals surface area contributed by atoms with Gasteiger partial charge in [-0.05, 0) is 82.1 Å². The molecule has 0 unspecified atom stereocenters. The van der Waals surface area contributed by atoms with Crippen molar-refractivity contribution in [3.05, 3.63) is 11.9 Å². The third-order valence-corrected chi connectivity index (χ3v) is 5.96. The Kier molecular flexibility index (Phi) is 8.44. The fourth-order valence-electron chi connectivity index (χ4n) is 4.39. The Labute approximate surface area is 151 Å². The van der Waals surface area contributed by atoms with E-state index in [1.165, 1.54) is 37.8 Å². The van der Waals surface area contributed by atoms with Crippen molar-refractivity contribution in [2.45, 2.75) is 90.1 Å². The molecular weight excluding hydrogens is 317 g/mol. The summed E-state index contributed by atoms with van der Waals surface area (Å²) in [5.74, 6) is 0.824. The minimum Gasteiger partial charge on any atom is -0.462 e. The van der Waals surface area contributed by atoms with Crippen LogP contribution in [-0.2, 0) is 9.53 Å². The summed E-state index contributed by atoms with van der Waals surface area (Å²) in [7, 11) is 0. The van der Waals surface area contributed by atoms with Gasteiger partial charge in [0.2, 0.25) is 0 Å². The first-order valence-corrected chi connectivity index (χ1v) is 10.1. The van der Waals surface area contributed by atoms with Gasteiger partial charge in [0.15, 0.2) is 5.83 Å². The normalized spacial score (nSPS) is 30.5. The molecule has 2 saturated carbocycles.